The molecule has 0 radical (unpaired) electrons. The number of benzene rings is 2. The first-order valence-electron chi connectivity index (χ1n) is 11.2. The van der Waals surface area contributed by atoms with Crippen molar-refractivity contribution in [2.45, 2.75) is 19.3 Å². The van der Waals surface area contributed by atoms with Crippen molar-refractivity contribution in [3.8, 4) is 5.75 Å². The lowest BCUT2D eigenvalue weighted by Gasteiger charge is -2.26. The zero-order valence-corrected chi connectivity index (χ0v) is 18.5. The third-order valence-corrected chi connectivity index (χ3v) is 6.18. The molecular formula is C24H26N6O3. The monoisotopic (exact) mass is 446 g/mol. The Hall–Kier alpha value is -3.72. The van der Waals surface area contributed by atoms with Crippen LogP contribution in [0.2, 0.25) is 0 Å². The van der Waals surface area contributed by atoms with Crippen molar-refractivity contribution in [1.82, 2.24) is 19.4 Å². The van der Waals surface area contributed by atoms with Crippen LogP contribution in [0.1, 0.15) is 19.3 Å². The summed E-state index contributed by atoms with van der Waals surface area (Å²) in [5.41, 5.74) is 2.42. The summed E-state index contributed by atoms with van der Waals surface area (Å²) in [5.74, 6) is 0.746. The molecule has 0 amide bonds. The molecule has 2 aromatic heterocycles. The van der Waals surface area contributed by atoms with Gasteiger partial charge in [-0.15, -0.1) is 0 Å². The van der Waals surface area contributed by atoms with Gasteiger partial charge >= 0.3 is 5.69 Å². The van der Waals surface area contributed by atoms with Crippen LogP contribution in [-0.4, -0.2) is 50.6 Å². The summed E-state index contributed by atoms with van der Waals surface area (Å²) in [6.45, 7) is 3.27. The molecule has 33 heavy (non-hydrogen) atoms. The largest absolute Gasteiger partial charge is 0.485 e. The summed E-state index contributed by atoms with van der Waals surface area (Å²) < 4.78 is 7.89. The number of anilines is 2. The van der Waals surface area contributed by atoms with E-state index < -0.39 is 4.92 Å². The molecule has 9 heteroatoms. The summed E-state index contributed by atoms with van der Waals surface area (Å²) >= 11 is 0. The number of nitrogens with zero attached hydrogens (tertiary/aromatic N) is 5. The summed E-state index contributed by atoms with van der Waals surface area (Å²) in [7, 11) is 1.99. The Bertz CT molecular complexity index is 1310. The fourth-order valence-corrected chi connectivity index (χ4v) is 4.38. The number of ether oxygens (including phenoxy) is 1. The molecule has 1 fully saturated rings. The molecule has 1 aliphatic heterocycles. The van der Waals surface area contributed by atoms with Crippen molar-refractivity contribution in [1.29, 1.82) is 0 Å². The second-order valence-corrected chi connectivity index (χ2v) is 8.39. The van der Waals surface area contributed by atoms with E-state index in [4.69, 9.17) is 4.74 Å². The molecule has 3 heterocycles. The van der Waals surface area contributed by atoms with Crippen LogP contribution in [0.15, 0.2) is 48.9 Å². The normalized spacial score (nSPS) is 14.6. The van der Waals surface area contributed by atoms with Crippen LogP contribution in [0.25, 0.3) is 21.8 Å². The Morgan fingerprint density at radius 1 is 1.12 bits per heavy atom. The number of aromatic nitrogens is 3. The van der Waals surface area contributed by atoms with Crippen molar-refractivity contribution in [3.05, 3.63) is 59.0 Å². The predicted octanol–water partition coefficient (Wildman–Crippen LogP) is 4.64. The molecule has 1 aliphatic rings. The number of rotatable bonds is 7. The molecule has 9 nitrogen and oxygen atoms in total. The van der Waals surface area contributed by atoms with Gasteiger partial charge in [0.25, 0.3) is 0 Å². The van der Waals surface area contributed by atoms with Crippen molar-refractivity contribution in [2.75, 3.05) is 31.6 Å². The average Bonchev–Trinajstić information content (AvgIpc) is 3.19. The molecule has 0 aliphatic carbocycles. The highest BCUT2D eigenvalue weighted by atomic mass is 16.6. The van der Waals surface area contributed by atoms with Gasteiger partial charge in [-0.2, -0.15) is 0 Å². The third-order valence-electron chi connectivity index (χ3n) is 6.18. The number of nitro benzene ring substituents is 1. The third kappa shape index (κ3) is 4.45. The molecule has 5 rings (SSSR count). The summed E-state index contributed by atoms with van der Waals surface area (Å²) in [4.78, 5) is 22.4. The zero-order chi connectivity index (χ0) is 22.8. The van der Waals surface area contributed by atoms with E-state index in [1.54, 1.807) is 6.07 Å². The van der Waals surface area contributed by atoms with E-state index in [1.165, 1.54) is 31.7 Å². The number of fused-ring (bicyclic) bond motifs is 2. The van der Waals surface area contributed by atoms with Crippen molar-refractivity contribution >= 4 is 39.0 Å². The van der Waals surface area contributed by atoms with Crippen LogP contribution in [0.3, 0.4) is 0 Å². The van der Waals surface area contributed by atoms with Crippen molar-refractivity contribution in [3.63, 3.8) is 0 Å². The molecule has 0 bridgehead atoms. The van der Waals surface area contributed by atoms with E-state index >= 15 is 0 Å². The van der Waals surface area contributed by atoms with Gasteiger partial charge in [0.15, 0.2) is 5.75 Å². The smallest absolute Gasteiger partial charge is 0.311 e. The molecule has 1 N–H and O–H groups in total. The van der Waals surface area contributed by atoms with E-state index in [1.807, 2.05) is 36.0 Å². The molecule has 0 saturated carbocycles. The van der Waals surface area contributed by atoms with Crippen LogP contribution in [-0.2, 0) is 7.05 Å². The van der Waals surface area contributed by atoms with Gasteiger partial charge in [-0.05, 0) is 49.5 Å². The number of aryl methyl sites for hydroxylation is 1. The molecular weight excluding hydrogens is 420 g/mol. The van der Waals surface area contributed by atoms with Gasteiger partial charge in [0.1, 0.15) is 18.8 Å². The topological polar surface area (TPSA) is 98.3 Å². The van der Waals surface area contributed by atoms with Crippen molar-refractivity contribution < 1.29 is 9.66 Å². The first-order valence-corrected chi connectivity index (χ1v) is 11.2. The maximum absolute atomic E-state index is 11.8. The van der Waals surface area contributed by atoms with Crippen LogP contribution in [0, 0.1) is 10.1 Å². The molecule has 4 aromatic rings. The van der Waals surface area contributed by atoms with Gasteiger partial charge in [0.05, 0.1) is 15.8 Å². The summed E-state index contributed by atoms with van der Waals surface area (Å²) in [6, 6.07) is 11.2. The minimum absolute atomic E-state index is 0.0862. The Kier molecular flexibility index (Phi) is 5.78. The maximum Gasteiger partial charge on any atom is 0.311 e. The predicted molar refractivity (Wildman–Crippen MR) is 128 cm³/mol. The lowest BCUT2D eigenvalue weighted by atomic mass is 10.1. The van der Waals surface area contributed by atoms with Crippen LogP contribution in [0.5, 0.6) is 5.75 Å². The highest BCUT2D eigenvalue weighted by molar-refractivity contribution is 5.94. The number of piperidine rings is 1. The second kappa shape index (κ2) is 9.03. The quantitative estimate of drug-likeness (QED) is 0.326. The van der Waals surface area contributed by atoms with Gasteiger partial charge in [-0.3, -0.25) is 15.0 Å². The minimum Gasteiger partial charge on any atom is -0.485 e. The van der Waals surface area contributed by atoms with E-state index in [0.29, 0.717) is 23.3 Å². The molecule has 2 aromatic carbocycles. The van der Waals surface area contributed by atoms with Crippen LogP contribution < -0.4 is 10.1 Å². The van der Waals surface area contributed by atoms with Gasteiger partial charge in [-0.25, -0.2) is 9.97 Å². The lowest BCUT2D eigenvalue weighted by Crippen LogP contribution is -2.33. The SMILES string of the molecule is Cn1ccc2ccc(Nc3ncnc4cc(OCCN5CCCCC5)c([N+](=O)[O-])cc34)cc21. The minimum atomic E-state index is -0.414. The lowest BCUT2D eigenvalue weighted by molar-refractivity contribution is -0.385. The van der Waals surface area contributed by atoms with Gasteiger partial charge in [0.2, 0.25) is 0 Å². The number of nitrogens with one attached hydrogen (secondary N) is 1. The second-order valence-electron chi connectivity index (χ2n) is 8.39. The van der Waals surface area contributed by atoms with E-state index in [0.717, 1.165) is 36.2 Å². The maximum atomic E-state index is 11.8. The first-order chi connectivity index (χ1) is 16.1. The van der Waals surface area contributed by atoms with Gasteiger partial charge in [-0.1, -0.05) is 12.5 Å². The highest BCUT2D eigenvalue weighted by Crippen LogP contribution is 2.35. The van der Waals surface area contributed by atoms with E-state index in [-0.39, 0.29) is 11.4 Å². The summed E-state index contributed by atoms with van der Waals surface area (Å²) in [6.07, 6.45) is 7.11. The highest BCUT2D eigenvalue weighted by Gasteiger charge is 2.20. The van der Waals surface area contributed by atoms with E-state index in [2.05, 4.69) is 26.3 Å². The van der Waals surface area contributed by atoms with Crippen molar-refractivity contribution in [2.24, 2.45) is 7.05 Å². The number of hydrogen-bond donors (Lipinski definition) is 1. The standard InChI is InChI=1S/C24H26N6O3/c1-28-10-7-17-5-6-18(13-21(17)28)27-24-19-14-22(30(31)32)23(15-20(19)25-16-26-24)33-12-11-29-8-3-2-4-9-29/h5-7,10,13-16H,2-4,8-9,11-12H2,1H3,(H,25,26,27). The summed E-state index contributed by atoms with van der Waals surface area (Å²) in [5, 5.41) is 16.8. The average molecular weight is 447 g/mol. The first kappa shape index (κ1) is 21.1. The Balaban J connectivity index is 1.42. The Morgan fingerprint density at radius 2 is 1.97 bits per heavy atom. The Morgan fingerprint density at radius 3 is 2.79 bits per heavy atom. The fraction of sp³-hybridized carbons (Fsp3) is 0.333. The van der Waals surface area contributed by atoms with Gasteiger partial charge < -0.3 is 14.6 Å². The molecule has 0 unspecified atom stereocenters. The van der Waals surface area contributed by atoms with Gasteiger partial charge in [0, 0.05) is 43.1 Å². The molecule has 1 saturated heterocycles. The number of likely N-dealkylation sites (tertiary alicyclic amines) is 1. The molecule has 0 spiro atoms. The Labute approximate surface area is 191 Å². The molecule has 0 atom stereocenters. The van der Waals surface area contributed by atoms with E-state index in [9.17, 15) is 10.1 Å². The number of nitro groups is 1. The fourth-order valence-electron chi connectivity index (χ4n) is 4.38. The van der Waals surface area contributed by atoms with Crippen LogP contribution in [0.4, 0.5) is 17.2 Å². The molecule has 170 valence electrons. The zero-order valence-electron chi connectivity index (χ0n) is 18.5. The van der Waals surface area contributed by atoms with Crippen LogP contribution >= 0.6 is 0 Å². The number of hydrogen-bond acceptors (Lipinski definition) is 7.